The summed E-state index contributed by atoms with van der Waals surface area (Å²) in [6, 6.07) is 17.7. The Bertz CT molecular complexity index is 952. The van der Waals surface area contributed by atoms with Gasteiger partial charge in [-0.05, 0) is 48.9 Å². The minimum Gasteiger partial charge on any atom is -0.501 e. The highest BCUT2D eigenvalue weighted by Crippen LogP contribution is 2.32. The van der Waals surface area contributed by atoms with Gasteiger partial charge in [0.25, 0.3) is 0 Å². The minimum atomic E-state index is -0.375. The average molecular weight is 362 g/mol. The van der Waals surface area contributed by atoms with Crippen LogP contribution in [0.1, 0.15) is 12.5 Å². The van der Waals surface area contributed by atoms with E-state index in [0.717, 1.165) is 27.6 Å². The first kappa shape index (κ1) is 18.6. The van der Waals surface area contributed by atoms with Crippen molar-refractivity contribution in [3.05, 3.63) is 66.4 Å². The first-order valence-corrected chi connectivity index (χ1v) is 8.85. The average Bonchev–Trinajstić information content (AvgIpc) is 2.68. The quantitative estimate of drug-likeness (QED) is 0.508. The van der Waals surface area contributed by atoms with Crippen LogP contribution in [0.25, 0.3) is 28.1 Å². The van der Waals surface area contributed by atoms with Gasteiger partial charge in [-0.3, -0.25) is 4.79 Å². The van der Waals surface area contributed by atoms with Crippen LogP contribution in [0, 0.1) is 0 Å². The summed E-state index contributed by atoms with van der Waals surface area (Å²) in [6.45, 7) is 2.70. The number of hydrogen-bond donors (Lipinski definition) is 1. The van der Waals surface area contributed by atoms with Gasteiger partial charge in [0.05, 0.1) is 24.9 Å². The summed E-state index contributed by atoms with van der Waals surface area (Å²) in [7, 11) is 1.70. The molecule has 27 heavy (non-hydrogen) atoms. The zero-order chi connectivity index (χ0) is 19.1. The maximum Gasteiger partial charge on any atom is 0.326 e. The number of aromatic nitrogens is 1. The molecule has 5 nitrogen and oxygen atoms in total. The molecule has 0 amide bonds. The monoisotopic (exact) mass is 362 g/mol. The van der Waals surface area contributed by atoms with Gasteiger partial charge in [-0.15, -0.1) is 0 Å². The van der Waals surface area contributed by atoms with Crippen molar-refractivity contribution in [2.75, 3.05) is 20.2 Å². The minimum absolute atomic E-state index is 0.127. The van der Waals surface area contributed by atoms with Gasteiger partial charge in [-0.25, -0.2) is 4.98 Å². The predicted molar refractivity (Wildman–Crippen MR) is 107 cm³/mol. The molecule has 0 aliphatic carbocycles. The first-order valence-electron chi connectivity index (χ1n) is 8.85. The molecule has 0 radical (unpaired) electrons. The Morgan fingerprint density at radius 2 is 1.96 bits per heavy atom. The number of benzene rings is 2. The third-order valence-electron chi connectivity index (χ3n) is 3.96. The van der Waals surface area contributed by atoms with Gasteiger partial charge in [-0.2, -0.15) is 0 Å². The maximum atomic E-state index is 11.8. The fraction of sp³-hybridized carbons (Fsp3) is 0.182. The molecule has 0 atom stereocenters. The predicted octanol–water partition coefficient (Wildman–Crippen LogP) is 4.03. The third-order valence-corrected chi connectivity index (χ3v) is 3.96. The molecule has 1 heterocycles. The molecular weight excluding hydrogens is 340 g/mol. The number of fused-ring (bicyclic) bond motifs is 1. The smallest absolute Gasteiger partial charge is 0.326 e. The molecule has 138 valence electrons. The second-order valence-electron chi connectivity index (χ2n) is 5.91. The van der Waals surface area contributed by atoms with E-state index in [1.165, 1.54) is 0 Å². The molecule has 0 aliphatic heterocycles. The molecule has 0 saturated carbocycles. The van der Waals surface area contributed by atoms with Crippen molar-refractivity contribution in [3.8, 4) is 17.0 Å². The topological polar surface area (TPSA) is 60.5 Å². The standard InChI is InChI=1S/C22H22N2O3/c1-3-26-12-11-16-9-10-20-19(13-16)18(17-7-5-4-6-8-17)14-21(24-20)27-22(25)15-23-2/h4-14,23H,3,15H2,1-2H3. The summed E-state index contributed by atoms with van der Waals surface area (Å²) in [4.78, 5) is 16.3. The number of esters is 1. The summed E-state index contributed by atoms with van der Waals surface area (Å²) in [5, 5.41) is 3.76. The van der Waals surface area contributed by atoms with Gasteiger partial charge in [0, 0.05) is 11.5 Å². The number of ether oxygens (including phenoxy) is 2. The Labute approximate surface area is 158 Å². The largest absolute Gasteiger partial charge is 0.501 e. The summed E-state index contributed by atoms with van der Waals surface area (Å²) in [6.07, 6.45) is 3.60. The molecule has 0 fully saturated rings. The van der Waals surface area contributed by atoms with Crippen LogP contribution < -0.4 is 10.1 Å². The lowest BCUT2D eigenvalue weighted by Gasteiger charge is -2.11. The van der Waals surface area contributed by atoms with Crippen LogP contribution in [0.4, 0.5) is 0 Å². The molecule has 0 bridgehead atoms. The molecule has 2 aromatic carbocycles. The number of pyridine rings is 1. The summed E-state index contributed by atoms with van der Waals surface area (Å²) in [5.74, 6) is -0.0844. The zero-order valence-corrected chi connectivity index (χ0v) is 15.4. The Kier molecular flexibility index (Phi) is 6.18. The van der Waals surface area contributed by atoms with Crippen molar-refractivity contribution in [1.82, 2.24) is 10.3 Å². The van der Waals surface area contributed by atoms with Crippen LogP contribution in [-0.2, 0) is 9.53 Å². The Hall–Kier alpha value is -3.18. The second kappa shape index (κ2) is 8.96. The van der Waals surface area contributed by atoms with Crippen LogP contribution in [0.2, 0.25) is 0 Å². The zero-order valence-electron chi connectivity index (χ0n) is 15.4. The van der Waals surface area contributed by atoms with Crippen LogP contribution in [-0.4, -0.2) is 31.2 Å². The molecule has 1 aromatic heterocycles. The van der Waals surface area contributed by atoms with Gasteiger partial charge < -0.3 is 14.8 Å². The summed E-state index contributed by atoms with van der Waals surface area (Å²) < 4.78 is 10.7. The van der Waals surface area contributed by atoms with Crippen molar-refractivity contribution in [1.29, 1.82) is 0 Å². The van der Waals surface area contributed by atoms with E-state index in [2.05, 4.69) is 16.4 Å². The Morgan fingerprint density at radius 1 is 1.15 bits per heavy atom. The number of hydrogen-bond acceptors (Lipinski definition) is 5. The molecule has 0 saturated heterocycles. The van der Waals surface area contributed by atoms with Crippen molar-refractivity contribution in [2.45, 2.75) is 6.92 Å². The lowest BCUT2D eigenvalue weighted by Crippen LogP contribution is -2.23. The van der Waals surface area contributed by atoms with E-state index < -0.39 is 0 Å². The number of carbonyl (C=O) groups excluding carboxylic acids is 1. The fourth-order valence-electron chi connectivity index (χ4n) is 2.75. The first-order chi connectivity index (χ1) is 13.2. The summed E-state index contributed by atoms with van der Waals surface area (Å²) in [5.41, 5.74) is 3.76. The molecule has 5 heteroatoms. The Balaban J connectivity index is 2.09. The van der Waals surface area contributed by atoms with E-state index in [1.54, 1.807) is 19.4 Å². The molecule has 3 aromatic rings. The van der Waals surface area contributed by atoms with E-state index in [0.29, 0.717) is 12.5 Å². The molecule has 1 N–H and O–H groups in total. The van der Waals surface area contributed by atoms with Crippen molar-refractivity contribution < 1.29 is 14.3 Å². The SMILES string of the molecule is CCOC=Cc1ccc2nc(OC(=O)CNC)cc(-c3ccccc3)c2c1. The van der Waals surface area contributed by atoms with Crippen molar-refractivity contribution >= 4 is 22.9 Å². The van der Waals surface area contributed by atoms with E-state index >= 15 is 0 Å². The number of nitrogens with zero attached hydrogens (tertiary/aromatic N) is 1. The molecule has 3 rings (SSSR count). The number of carbonyl (C=O) groups is 1. The highest BCUT2D eigenvalue weighted by atomic mass is 16.5. The van der Waals surface area contributed by atoms with E-state index in [4.69, 9.17) is 9.47 Å². The normalized spacial score (nSPS) is 11.0. The van der Waals surface area contributed by atoms with Gasteiger partial charge in [0.2, 0.25) is 5.88 Å². The van der Waals surface area contributed by atoms with E-state index in [-0.39, 0.29) is 12.5 Å². The van der Waals surface area contributed by atoms with Gasteiger partial charge >= 0.3 is 5.97 Å². The third kappa shape index (κ3) is 4.71. The van der Waals surface area contributed by atoms with Gasteiger partial charge in [0.15, 0.2) is 0 Å². The molecule has 0 aliphatic rings. The Morgan fingerprint density at radius 3 is 2.70 bits per heavy atom. The van der Waals surface area contributed by atoms with E-state index in [1.807, 2.05) is 55.5 Å². The number of likely N-dealkylation sites (N-methyl/N-ethyl adjacent to an activating group) is 1. The fourth-order valence-corrected chi connectivity index (χ4v) is 2.75. The molecule has 0 unspecified atom stereocenters. The van der Waals surface area contributed by atoms with Crippen LogP contribution in [0.5, 0.6) is 5.88 Å². The lowest BCUT2D eigenvalue weighted by atomic mass is 9.99. The van der Waals surface area contributed by atoms with Crippen molar-refractivity contribution in [2.24, 2.45) is 0 Å². The van der Waals surface area contributed by atoms with Gasteiger partial charge in [-0.1, -0.05) is 36.4 Å². The summed E-state index contributed by atoms with van der Waals surface area (Å²) >= 11 is 0. The maximum absolute atomic E-state index is 11.8. The highest BCUT2D eigenvalue weighted by Gasteiger charge is 2.12. The van der Waals surface area contributed by atoms with Crippen LogP contribution in [0.15, 0.2) is 60.9 Å². The van der Waals surface area contributed by atoms with Crippen LogP contribution >= 0.6 is 0 Å². The second-order valence-corrected chi connectivity index (χ2v) is 5.91. The highest BCUT2D eigenvalue weighted by molar-refractivity contribution is 5.96. The lowest BCUT2D eigenvalue weighted by molar-refractivity contribution is -0.133. The molecular formula is C22H22N2O3. The van der Waals surface area contributed by atoms with Gasteiger partial charge in [0.1, 0.15) is 0 Å². The van der Waals surface area contributed by atoms with E-state index in [9.17, 15) is 4.79 Å². The van der Waals surface area contributed by atoms with Crippen molar-refractivity contribution in [3.63, 3.8) is 0 Å². The molecule has 0 spiro atoms. The van der Waals surface area contributed by atoms with Crippen LogP contribution in [0.3, 0.4) is 0 Å². The number of nitrogens with one attached hydrogen (secondary N) is 1. The number of rotatable bonds is 7.